The number of thioether (sulfide) groups is 1. The molecule has 2 aromatic rings. The molecule has 3 rings (SSSR count). The molecule has 134 valence electrons. The Morgan fingerprint density at radius 1 is 1.27 bits per heavy atom. The van der Waals surface area contributed by atoms with Crippen LogP contribution in [0.15, 0.2) is 47.4 Å². The van der Waals surface area contributed by atoms with Crippen molar-refractivity contribution < 1.29 is 19.2 Å². The van der Waals surface area contributed by atoms with Crippen molar-refractivity contribution in [2.45, 2.75) is 11.3 Å². The second-order valence-corrected chi connectivity index (χ2v) is 6.49. The first-order valence-corrected chi connectivity index (χ1v) is 9.11. The molecule has 0 aromatic heterocycles. The summed E-state index contributed by atoms with van der Waals surface area (Å²) >= 11 is 1.22. The van der Waals surface area contributed by atoms with Gasteiger partial charge in [-0.3, -0.25) is 14.9 Å². The van der Waals surface area contributed by atoms with Gasteiger partial charge < -0.3 is 9.64 Å². The fraction of sp³-hybridized carbons (Fsp3) is 0.222. The minimum atomic E-state index is -0.762. The summed E-state index contributed by atoms with van der Waals surface area (Å²) in [6, 6.07) is 11.7. The lowest BCUT2D eigenvalue weighted by Crippen LogP contribution is -2.33. The van der Waals surface area contributed by atoms with Crippen LogP contribution in [0.25, 0.3) is 0 Å². The molecular formula is C18H16N2O5S. The van der Waals surface area contributed by atoms with E-state index >= 15 is 0 Å². The smallest absolute Gasteiger partial charge is 0.338 e. The average Bonchev–Trinajstić information content (AvgIpc) is 3.09. The van der Waals surface area contributed by atoms with Crippen molar-refractivity contribution >= 4 is 35.0 Å². The third-order valence-electron chi connectivity index (χ3n) is 4.13. The number of ether oxygens (including phenoxy) is 1. The number of nitrogens with zero attached hydrogens (tertiary/aromatic N) is 2. The number of hydrogen-bond donors (Lipinski definition) is 0. The molecule has 0 aliphatic carbocycles. The summed E-state index contributed by atoms with van der Waals surface area (Å²) in [4.78, 5) is 37.1. The lowest BCUT2D eigenvalue weighted by molar-refractivity contribution is -0.387. The third kappa shape index (κ3) is 3.55. The minimum Gasteiger partial charge on any atom is -0.452 e. The molecule has 0 saturated heterocycles. The van der Waals surface area contributed by atoms with Gasteiger partial charge in [-0.25, -0.2) is 4.79 Å². The van der Waals surface area contributed by atoms with Crippen LogP contribution in [0.1, 0.15) is 15.9 Å². The molecular weight excluding hydrogens is 356 g/mol. The first kappa shape index (κ1) is 17.9. The van der Waals surface area contributed by atoms with Crippen molar-refractivity contribution in [1.29, 1.82) is 0 Å². The Kier molecular flexibility index (Phi) is 5.22. The highest BCUT2D eigenvalue weighted by Gasteiger charge is 2.25. The van der Waals surface area contributed by atoms with E-state index in [-0.39, 0.29) is 17.2 Å². The van der Waals surface area contributed by atoms with Crippen molar-refractivity contribution in [3.8, 4) is 0 Å². The third-order valence-corrected chi connectivity index (χ3v) is 4.91. The molecule has 0 saturated carbocycles. The highest BCUT2D eigenvalue weighted by molar-refractivity contribution is 7.98. The normalized spacial score (nSPS) is 12.6. The molecule has 1 heterocycles. The molecule has 0 atom stereocenters. The van der Waals surface area contributed by atoms with Gasteiger partial charge in [0.25, 0.3) is 11.6 Å². The van der Waals surface area contributed by atoms with E-state index in [9.17, 15) is 19.7 Å². The summed E-state index contributed by atoms with van der Waals surface area (Å²) in [7, 11) is 0. The van der Waals surface area contributed by atoms with Gasteiger partial charge in [-0.2, -0.15) is 0 Å². The predicted octanol–water partition coefficient (Wildman–Crippen LogP) is 3.06. The molecule has 1 aliphatic heterocycles. The Hall–Kier alpha value is -2.87. The van der Waals surface area contributed by atoms with Crippen LogP contribution in [0.4, 0.5) is 11.4 Å². The van der Waals surface area contributed by atoms with E-state index in [1.54, 1.807) is 11.2 Å². The van der Waals surface area contributed by atoms with Crippen LogP contribution in [-0.4, -0.2) is 36.2 Å². The predicted molar refractivity (Wildman–Crippen MR) is 97.7 cm³/mol. The molecule has 1 aliphatic rings. The Morgan fingerprint density at radius 3 is 2.77 bits per heavy atom. The van der Waals surface area contributed by atoms with E-state index in [1.807, 2.05) is 24.3 Å². The number of nitro groups is 1. The second-order valence-electron chi connectivity index (χ2n) is 5.64. The van der Waals surface area contributed by atoms with Crippen LogP contribution in [0, 0.1) is 10.1 Å². The molecule has 1 amide bonds. The van der Waals surface area contributed by atoms with Crippen molar-refractivity contribution in [1.82, 2.24) is 0 Å². The fourth-order valence-electron chi connectivity index (χ4n) is 2.85. The number of hydrogen-bond acceptors (Lipinski definition) is 6. The molecule has 26 heavy (non-hydrogen) atoms. The van der Waals surface area contributed by atoms with E-state index in [2.05, 4.69) is 0 Å². The van der Waals surface area contributed by atoms with Crippen molar-refractivity contribution in [2.75, 3.05) is 24.3 Å². The van der Waals surface area contributed by atoms with Gasteiger partial charge in [0, 0.05) is 18.3 Å². The number of amides is 1. The fourth-order valence-corrected chi connectivity index (χ4v) is 3.39. The van der Waals surface area contributed by atoms with Gasteiger partial charge in [-0.05, 0) is 36.4 Å². The quantitative estimate of drug-likeness (QED) is 0.347. The van der Waals surface area contributed by atoms with Crippen LogP contribution >= 0.6 is 11.8 Å². The number of rotatable bonds is 5. The number of benzene rings is 2. The zero-order valence-corrected chi connectivity index (χ0v) is 14.8. The van der Waals surface area contributed by atoms with Crippen molar-refractivity contribution in [2.24, 2.45) is 0 Å². The molecule has 7 nitrogen and oxygen atoms in total. The number of nitro benzene ring substituents is 1. The van der Waals surface area contributed by atoms with Gasteiger partial charge in [-0.1, -0.05) is 18.2 Å². The summed E-state index contributed by atoms with van der Waals surface area (Å²) in [5, 5.41) is 11.1. The first-order chi connectivity index (χ1) is 12.5. The second kappa shape index (κ2) is 7.57. The zero-order valence-electron chi connectivity index (χ0n) is 14.0. The Bertz CT molecular complexity index is 884. The number of para-hydroxylation sites is 1. The number of carbonyl (C=O) groups is 2. The van der Waals surface area contributed by atoms with Crippen molar-refractivity contribution in [3.05, 3.63) is 63.7 Å². The van der Waals surface area contributed by atoms with Gasteiger partial charge in [-0.15, -0.1) is 11.8 Å². The molecule has 0 N–H and O–H groups in total. The van der Waals surface area contributed by atoms with Crippen LogP contribution in [0.2, 0.25) is 0 Å². The van der Waals surface area contributed by atoms with Gasteiger partial charge >= 0.3 is 5.97 Å². The molecule has 0 unspecified atom stereocenters. The van der Waals surface area contributed by atoms with E-state index in [0.29, 0.717) is 11.4 Å². The van der Waals surface area contributed by atoms with Gasteiger partial charge in [0.1, 0.15) is 0 Å². The minimum absolute atomic E-state index is 0.0455. The number of esters is 1. The summed E-state index contributed by atoms with van der Waals surface area (Å²) in [6.45, 7) is 0.134. The largest absolute Gasteiger partial charge is 0.452 e. The number of anilines is 1. The monoisotopic (exact) mass is 372 g/mol. The maximum absolute atomic E-state index is 12.4. The van der Waals surface area contributed by atoms with Gasteiger partial charge in [0.15, 0.2) is 6.61 Å². The average molecular weight is 372 g/mol. The standard InChI is InChI=1S/C18H16N2O5S/c1-26-16-7-6-13(10-15(16)20(23)24)18(22)25-11-17(21)19-9-8-12-4-2-3-5-14(12)19/h2-7,10H,8-9,11H2,1H3. The molecule has 0 radical (unpaired) electrons. The van der Waals surface area contributed by atoms with Crippen molar-refractivity contribution in [3.63, 3.8) is 0 Å². The highest BCUT2D eigenvalue weighted by atomic mass is 32.2. The molecule has 8 heteroatoms. The molecule has 0 spiro atoms. The van der Waals surface area contributed by atoms with Crippen LogP contribution < -0.4 is 4.90 Å². The summed E-state index contributed by atoms with van der Waals surface area (Å²) in [5.74, 6) is -1.08. The van der Waals surface area contributed by atoms with Gasteiger partial charge in [0.05, 0.1) is 15.4 Å². The van der Waals surface area contributed by atoms with Gasteiger partial charge in [0.2, 0.25) is 0 Å². The number of carbonyl (C=O) groups excluding carboxylic acids is 2. The van der Waals surface area contributed by atoms with E-state index in [1.165, 1.54) is 30.0 Å². The van der Waals surface area contributed by atoms with E-state index in [4.69, 9.17) is 4.74 Å². The topological polar surface area (TPSA) is 89.8 Å². The van der Waals surface area contributed by atoms with E-state index < -0.39 is 17.5 Å². The molecule has 0 bridgehead atoms. The maximum Gasteiger partial charge on any atom is 0.338 e. The van der Waals surface area contributed by atoms with Crippen LogP contribution in [-0.2, 0) is 16.0 Å². The van der Waals surface area contributed by atoms with E-state index in [0.717, 1.165) is 17.7 Å². The lowest BCUT2D eigenvalue weighted by atomic mass is 10.2. The van der Waals surface area contributed by atoms with Crippen LogP contribution in [0.3, 0.4) is 0 Å². The molecule has 2 aromatic carbocycles. The first-order valence-electron chi connectivity index (χ1n) is 7.89. The number of fused-ring (bicyclic) bond motifs is 1. The summed E-state index contributed by atoms with van der Waals surface area (Å²) in [6.07, 6.45) is 2.48. The highest BCUT2D eigenvalue weighted by Crippen LogP contribution is 2.29. The Balaban J connectivity index is 1.67. The summed E-state index contributed by atoms with van der Waals surface area (Å²) in [5.41, 5.74) is 1.79. The SMILES string of the molecule is CSc1ccc(C(=O)OCC(=O)N2CCc3ccccc32)cc1[N+](=O)[O-]. The zero-order chi connectivity index (χ0) is 18.7. The molecule has 0 fully saturated rings. The van der Waals surface area contributed by atoms with Crippen LogP contribution in [0.5, 0.6) is 0 Å². The Labute approximate surface area is 154 Å². The summed E-state index contributed by atoms with van der Waals surface area (Å²) < 4.78 is 5.07. The lowest BCUT2D eigenvalue weighted by Gasteiger charge is -2.17. The Morgan fingerprint density at radius 2 is 2.04 bits per heavy atom. The maximum atomic E-state index is 12.4.